The normalized spacial score (nSPS) is 20.6. The fourth-order valence-corrected chi connectivity index (χ4v) is 2.19. The summed E-state index contributed by atoms with van der Waals surface area (Å²) in [6.45, 7) is 0. The second-order valence-corrected chi connectivity index (χ2v) is 4.11. The Bertz CT molecular complexity index is 603. The fourth-order valence-electron chi connectivity index (χ4n) is 2.19. The van der Waals surface area contributed by atoms with Gasteiger partial charge < -0.3 is 4.57 Å². The zero-order valence-electron chi connectivity index (χ0n) is 9.09. The van der Waals surface area contributed by atoms with Crippen LogP contribution in [0.5, 0.6) is 0 Å². The minimum Gasteiger partial charge on any atom is -0.320 e. The van der Waals surface area contributed by atoms with Crippen molar-refractivity contribution in [1.29, 1.82) is 0 Å². The first-order valence-corrected chi connectivity index (χ1v) is 5.51. The molecule has 3 rings (SSSR count). The molecule has 0 spiro atoms. The Kier molecular flexibility index (Phi) is 2.18. The number of piperidine rings is 1. The molecule has 0 aromatic carbocycles. The number of nitrogens with one attached hydrogen (secondary N) is 1. The number of imide groups is 1. The van der Waals surface area contributed by atoms with Gasteiger partial charge in [-0.15, -0.1) is 0 Å². The molecule has 3 heterocycles. The summed E-state index contributed by atoms with van der Waals surface area (Å²) in [5, 5.41) is 3.35. The van der Waals surface area contributed by atoms with E-state index in [0.29, 0.717) is 12.8 Å². The third-order valence-corrected chi connectivity index (χ3v) is 3.02. The molecule has 17 heavy (non-hydrogen) atoms. The summed E-state index contributed by atoms with van der Waals surface area (Å²) in [6.07, 6.45) is 4.45. The van der Waals surface area contributed by atoms with Crippen LogP contribution in [0.3, 0.4) is 0 Å². The first-order valence-electron chi connectivity index (χ1n) is 5.51. The summed E-state index contributed by atoms with van der Waals surface area (Å²) >= 11 is 0. The van der Waals surface area contributed by atoms with E-state index in [9.17, 15) is 9.59 Å². The van der Waals surface area contributed by atoms with E-state index in [4.69, 9.17) is 0 Å². The molecule has 86 valence electrons. The Hall–Kier alpha value is -2.17. The van der Waals surface area contributed by atoms with Crippen molar-refractivity contribution in [3.05, 3.63) is 30.6 Å². The molecule has 1 aliphatic heterocycles. The lowest BCUT2D eigenvalue weighted by molar-refractivity contribution is -0.135. The number of aromatic nitrogens is 2. The van der Waals surface area contributed by atoms with Crippen LogP contribution in [0.2, 0.25) is 0 Å². The number of pyridine rings is 1. The minimum atomic E-state index is -0.333. The first kappa shape index (κ1) is 10.0. The summed E-state index contributed by atoms with van der Waals surface area (Å²) in [7, 11) is 0. The van der Waals surface area contributed by atoms with Gasteiger partial charge in [-0.05, 0) is 24.6 Å². The van der Waals surface area contributed by atoms with E-state index in [0.717, 1.165) is 11.0 Å². The average Bonchev–Trinajstić information content (AvgIpc) is 2.73. The van der Waals surface area contributed by atoms with Gasteiger partial charge in [-0.3, -0.25) is 14.9 Å². The average molecular weight is 229 g/mol. The molecule has 0 radical (unpaired) electrons. The SMILES string of the molecule is O=C1CCC(n2ccc3cccnc32)C(=O)N1. The van der Waals surface area contributed by atoms with Crippen molar-refractivity contribution >= 4 is 22.8 Å². The van der Waals surface area contributed by atoms with Gasteiger partial charge >= 0.3 is 0 Å². The van der Waals surface area contributed by atoms with Gasteiger partial charge in [0, 0.05) is 24.2 Å². The van der Waals surface area contributed by atoms with Crippen molar-refractivity contribution in [2.45, 2.75) is 18.9 Å². The highest BCUT2D eigenvalue weighted by atomic mass is 16.2. The molecule has 1 fully saturated rings. The van der Waals surface area contributed by atoms with Crippen LogP contribution in [0.1, 0.15) is 18.9 Å². The van der Waals surface area contributed by atoms with E-state index in [2.05, 4.69) is 10.3 Å². The summed E-state index contributed by atoms with van der Waals surface area (Å²) < 4.78 is 1.83. The predicted octanol–water partition coefficient (Wildman–Crippen LogP) is 1.01. The summed E-state index contributed by atoms with van der Waals surface area (Å²) in [6, 6.07) is 5.40. The second-order valence-electron chi connectivity index (χ2n) is 4.11. The number of rotatable bonds is 1. The summed E-state index contributed by atoms with van der Waals surface area (Å²) in [5.41, 5.74) is 0.780. The van der Waals surface area contributed by atoms with Gasteiger partial charge in [-0.1, -0.05) is 0 Å². The van der Waals surface area contributed by atoms with Gasteiger partial charge in [0.1, 0.15) is 11.7 Å². The van der Waals surface area contributed by atoms with Gasteiger partial charge in [-0.25, -0.2) is 4.98 Å². The number of carbonyl (C=O) groups is 2. The zero-order valence-corrected chi connectivity index (χ0v) is 9.09. The molecule has 1 N–H and O–H groups in total. The highest BCUT2D eigenvalue weighted by molar-refractivity contribution is 6.00. The predicted molar refractivity (Wildman–Crippen MR) is 61.2 cm³/mol. The van der Waals surface area contributed by atoms with Crippen molar-refractivity contribution in [2.75, 3.05) is 0 Å². The van der Waals surface area contributed by atoms with Crippen molar-refractivity contribution in [3.63, 3.8) is 0 Å². The lowest BCUT2D eigenvalue weighted by Crippen LogP contribution is -2.41. The highest BCUT2D eigenvalue weighted by Gasteiger charge is 2.28. The lowest BCUT2D eigenvalue weighted by atomic mass is 10.1. The zero-order chi connectivity index (χ0) is 11.8. The maximum atomic E-state index is 11.8. The maximum absolute atomic E-state index is 11.8. The number of amides is 2. The van der Waals surface area contributed by atoms with E-state index in [1.807, 2.05) is 29.0 Å². The molecule has 0 saturated carbocycles. The van der Waals surface area contributed by atoms with E-state index in [-0.39, 0.29) is 17.9 Å². The molecule has 5 heteroatoms. The van der Waals surface area contributed by atoms with Crippen LogP contribution in [-0.2, 0) is 9.59 Å². The van der Waals surface area contributed by atoms with Crippen molar-refractivity contribution in [2.24, 2.45) is 0 Å². The third kappa shape index (κ3) is 1.60. The largest absolute Gasteiger partial charge is 0.320 e. The van der Waals surface area contributed by atoms with Crippen molar-refractivity contribution in [3.8, 4) is 0 Å². The molecule has 1 atom stereocenters. The van der Waals surface area contributed by atoms with E-state index >= 15 is 0 Å². The number of hydrogen-bond acceptors (Lipinski definition) is 3. The Labute approximate surface area is 97.4 Å². The Morgan fingerprint density at radius 3 is 3.06 bits per heavy atom. The van der Waals surface area contributed by atoms with Crippen LogP contribution >= 0.6 is 0 Å². The quantitative estimate of drug-likeness (QED) is 0.742. The molecular formula is C12H11N3O2. The first-order chi connectivity index (χ1) is 8.25. The molecule has 0 aliphatic carbocycles. The van der Waals surface area contributed by atoms with Gasteiger partial charge in [0.2, 0.25) is 11.8 Å². The Balaban J connectivity index is 2.04. The van der Waals surface area contributed by atoms with Crippen LogP contribution in [0.15, 0.2) is 30.6 Å². The van der Waals surface area contributed by atoms with Gasteiger partial charge in [0.05, 0.1) is 0 Å². The molecule has 2 aromatic heterocycles. The van der Waals surface area contributed by atoms with Crippen molar-refractivity contribution in [1.82, 2.24) is 14.9 Å². The maximum Gasteiger partial charge on any atom is 0.249 e. The van der Waals surface area contributed by atoms with Crippen LogP contribution in [0.4, 0.5) is 0 Å². The van der Waals surface area contributed by atoms with E-state index in [1.54, 1.807) is 6.20 Å². The fraction of sp³-hybridized carbons (Fsp3) is 0.250. The molecule has 1 aliphatic rings. The van der Waals surface area contributed by atoms with Crippen LogP contribution < -0.4 is 5.32 Å². The summed E-state index contributed by atoms with van der Waals surface area (Å²) in [4.78, 5) is 27.1. The number of fused-ring (bicyclic) bond motifs is 1. The second kappa shape index (κ2) is 3.69. The third-order valence-electron chi connectivity index (χ3n) is 3.02. The molecule has 1 unspecified atom stereocenters. The van der Waals surface area contributed by atoms with Crippen LogP contribution in [0.25, 0.3) is 11.0 Å². The van der Waals surface area contributed by atoms with Crippen LogP contribution in [0, 0.1) is 0 Å². The molecule has 0 bridgehead atoms. The van der Waals surface area contributed by atoms with E-state index < -0.39 is 0 Å². The smallest absolute Gasteiger partial charge is 0.249 e. The standard InChI is InChI=1S/C12H11N3O2/c16-10-4-3-9(12(17)14-10)15-7-5-8-2-1-6-13-11(8)15/h1-2,5-7,9H,3-4H2,(H,14,16,17). The summed E-state index contributed by atoms with van der Waals surface area (Å²) in [5.74, 6) is -0.444. The van der Waals surface area contributed by atoms with Gasteiger partial charge in [-0.2, -0.15) is 0 Å². The Morgan fingerprint density at radius 1 is 1.35 bits per heavy atom. The van der Waals surface area contributed by atoms with Crippen molar-refractivity contribution < 1.29 is 9.59 Å². The monoisotopic (exact) mass is 229 g/mol. The van der Waals surface area contributed by atoms with E-state index in [1.165, 1.54) is 0 Å². The topological polar surface area (TPSA) is 64.0 Å². The number of hydrogen-bond donors (Lipinski definition) is 1. The number of nitrogens with zero attached hydrogens (tertiary/aromatic N) is 2. The molecular weight excluding hydrogens is 218 g/mol. The lowest BCUT2D eigenvalue weighted by Gasteiger charge is -2.22. The van der Waals surface area contributed by atoms with Gasteiger partial charge in [0.15, 0.2) is 0 Å². The van der Waals surface area contributed by atoms with Crippen LogP contribution in [-0.4, -0.2) is 21.4 Å². The molecule has 5 nitrogen and oxygen atoms in total. The molecule has 2 amide bonds. The number of carbonyl (C=O) groups excluding carboxylic acids is 2. The molecule has 1 saturated heterocycles. The Morgan fingerprint density at radius 2 is 2.24 bits per heavy atom. The minimum absolute atomic E-state index is 0.198. The van der Waals surface area contributed by atoms with Gasteiger partial charge in [0.25, 0.3) is 0 Å². The molecule has 2 aromatic rings. The highest BCUT2D eigenvalue weighted by Crippen LogP contribution is 2.23.